The zero-order valence-electron chi connectivity index (χ0n) is 10.1. The van der Waals surface area contributed by atoms with E-state index in [0.29, 0.717) is 6.10 Å². The number of aryl methyl sites for hydroxylation is 1. The molecule has 0 spiro atoms. The van der Waals surface area contributed by atoms with Crippen molar-refractivity contribution in [2.24, 2.45) is 0 Å². The molecule has 1 saturated heterocycles. The van der Waals surface area contributed by atoms with Crippen LogP contribution in [-0.4, -0.2) is 26.3 Å². The van der Waals surface area contributed by atoms with Gasteiger partial charge in [-0.2, -0.15) is 0 Å². The van der Waals surface area contributed by atoms with Crippen LogP contribution in [0.2, 0.25) is 0 Å². The van der Waals surface area contributed by atoms with Crippen LogP contribution in [0.1, 0.15) is 18.4 Å². The number of anilines is 2. The fourth-order valence-corrected chi connectivity index (χ4v) is 2.26. The molecule has 1 heterocycles. The highest BCUT2D eigenvalue weighted by molar-refractivity contribution is 5.68. The fourth-order valence-electron chi connectivity index (χ4n) is 2.26. The van der Waals surface area contributed by atoms with E-state index in [1.54, 1.807) is 7.11 Å². The van der Waals surface area contributed by atoms with Gasteiger partial charge in [0.1, 0.15) is 0 Å². The van der Waals surface area contributed by atoms with Crippen LogP contribution >= 0.6 is 0 Å². The van der Waals surface area contributed by atoms with E-state index in [4.69, 9.17) is 10.5 Å². The summed E-state index contributed by atoms with van der Waals surface area (Å²) < 4.78 is 5.37. The van der Waals surface area contributed by atoms with Gasteiger partial charge < -0.3 is 15.4 Å². The largest absolute Gasteiger partial charge is 0.397 e. The lowest BCUT2D eigenvalue weighted by Crippen LogP contribution is -2.37. The van der Waals surface area contributed by atoms with Crippen molar-refractivity contribution in [3.63, 3.8) is 0 Å². The smallest absolute Gasteiger partial charge is 0.0605 e. The number of ether oxygens (including phenoxy) is 1. The molecule has 0 unspecified atom stereocenters. The van der Waals surface area contributed by atoms with Gasteiger partial charge in [0.2, 0.25) is 0 Å². The summed E-state index contributed by atoms with van der Waals surface area (Å²) in [4.78, 5) is 2.36. The van der Waals surface area contributed by atoms with E-state index in [2.05, 4.69) is 24.0 Å². The monoisotopic (exact) mass is 220 g/mol. The van der Waals surface area contributed by atoms with Crippen molar-refractivity contribution in [3.8, 4) is 0 Å². The van der Waals surface area contributed by atoms with Gasteiger partial charge in [0, 0.05) is 20.2 Å². The van der Waals surface area contributed by atoms with Crippen LogP contribution in [0.25, 0.3) is 0 Å². The van der Waals surface area contributed by atoms with Crippen LogP contribution < -0.4 is 10.6 Å². The molecule has 0 bridgehead atoms. The number of hydrogen-bond donors (Lipinski definition) is 1. The zero-order valence-corrected chi connectivity index (χ0v) is 10.1. The van der Waals surface area contributed by atoms with Crippen molar-refractivity contribution in [1.29, 1.82) is 0 Å². The number of hydrogen-bond acceptors (Lipinski definition) is 3. The minimum absolute atomic E-state index is 0.419. The van der Waals surface area contributed by atoms with Crippen LogP contribution in [0.15, 0.2) is 18.2 Å². The summed E-state index contributed by atoms with van der Waals surface area (Å²) in [5.41, 5.74) is 9.33. The van der Waals surface area contributed by atoms with Gasteiger partial charge in [-0.3, -0.25) is 0 Å². The maximum Gasteiger partial charge on any atom is 0.0605 e. The second-order valence-corrected chi connectivity index (χ2v) is 4.48. The zero-order chi connectivity index (χ0) is 11.5. The Morgan fingerprint density at radius 3 is 2.62 bits per heavy atom. The van der Waals surface area contributed by atoms with Gasteiger partial charge in [0.15, 0.2) is 0 Å². The molecule has 1 fully saturated rings. The summed E-state index contributed by atoms with van der Waals surface area (Å²) in [7, 11) is 1.79. The number of nitrogens with zero attached hydrogens (tertiary/aromatic N) is 1. The van der Waals surface area contributed by atoms with Crippen molar-refractivity contribution in [2.45, 2.75) is 25.9 Å². The third-order valence-electron chi connectivity index (χ3n) is 3.30. The van der Waals surface area contributed by atoms with E-state index in [1.807, 2.05) is 6.07 Å². The highest BCUT2D eigenvalue weighted by Crippen LogP contribution is 2.27. The first-order chi connectivity index (χ1) is 7.70. The second kappa shape index (κ2) is 4.74. The van der Waals surface area contributed by atoms with Crippen molar-refractivity contribution in [1.82, 2.24) is 0 Å². The molecule has 1 aliphatic heterocycles. The third-order valence-corrected chi connectivity index (χ3v) is 3.30. The normalized spacial score (nSPS) is 17.8. The Labute approximate surface area is 97.2 Å². The van der Waals surface area contributed by atoms with Crippen LogP contribution in [-0.2, 0) is 4.74 Å². The molecule has 1 aromatic carbocycles. The molecule has 0 radical (unpaired) electrons. The first-order valence-electron chi connectivity index (χ1n) is 5.84. The fraction of sp³-hybridized carbons (Fsp3) is 0.538. The predicted molar refractivity (Wildman–Crippen MR) is 67.8 cm³/mol. The highest BCUT2D eigenvalue weighted by Gasteiger charge is 2.20. The van der Waals surface area contributed by atoms with Gasteiger partial charge in [-0.05, 0) is 37.5 Å². The molecule has 0 aromatic heterocycles. The lowest BCUT2D eigenvalue weighted by atomic mass is 10.1. The number of rotatable bonds is 2. The molecule has 0 aliphatic carbocycles. The summed E-state index contributed by atoms with van der Waals surface area (Å²) in [5.74, 6) is 0. The summed E-state index contributed by atoms with van der Waals surface area (Å²) in [6.07, 6.45) is 2.59. The van der Waals surface area contributed by atoms with Crippen LogP contribution in [0.4, 0.5) is 11.4 Å². The van der Waals surface area contributed by atoms with Gasteiger partial charge in [-0.25, -0.2) is 0 Å². The van der Waals surface area contributed by atoms with Crippen molar-refractivity contribution >= 4 is 11.4 Å². The first kappa shape index (κ1) is 11.3. The molecule has 0 atom stereocenters. The van der Waals surface area contributed by atoms with Gasteiger partial charge in [-0.1, -0.05) is 6.07 Å². The molecule has 88 valence electrons. The number of nitrogens with two attached hydrogens (primary N) is 1. The Kier molecular flexibility index (Phi) is 3.34. The topological polar surface area (TPSA) is 38.5 Å². The Balaban J connectivity index is 2.10. The van der Waals surface area contributed by atoms with Gasteiger partial charge in [-0.15, -0.1) is 0 Å². The molecule has 0 amide bonds. The Morgan fingerprint density at radius 1 is 1.31 bits per heavy atom. The standard InChI is InChI=1S/C13H20N2O/c1-10-3-4-12(14)13(9-10)15-7-5-11(16-2)6-8-15/h3-4,9,11H,5-8,14H2,1-2H3. The quantitative estimate of drug-likeness (QED) is 0.776. The molecular formula is C13H20N2O. The maximum atomic E-state index is 6.01. The second-order valence-electron chi connectivity index (χ2n) is 4.48. The Morgan fingerprint density at radius 2 is 2.00 bits per heavy atom. The molecule has 2 rings (SSSR count). The first-order valence-corrected chi connectivity index (χ1v) is 5.84. The molecule has 3 nitrogen and oxygen atoms in total. The molecule has 2 N–H and O–H groups in total. The lowest BCUT2D eigenvalue weighted by molar-refractivity contribution is 0.0819. The molecule has 0 saturated carbocycles. The van der Waals surface area contributed by atoms with Crippen molar-refractivity contribution in [2.75, 3.05) is 30.8 Å². The molecule has 1 aromatic rings. The highest BCUT2D eigenvalue weighted by atomic mass is 16.5. The lowest BCUT2D eigenvalue weighted by Gasteiger charge is -2.33. The van der Waals surface area contributed by atoms with E-state index < -0.39 is 0 Å². The molecule has 3 heteroatoms. The predicted octanol–water partition coefficient (Wildman–Crippen LogP) is 2.19. The molecule has 1 aliphatic rings. The van der Waals surface area contributed by atoms with Crippen molar-refractivity contribution in [3.05, 3.63) is 23.8 Å². The van der Waals surface area contributed by atoms with Gasteiger partial charge in [0.05, 0.1) is 17.5 Å². The summed E-state index contributed by atoms with van der Waals surface area (Å²) in [6, 6.07) is 6.22. The Hall–Kier alpha value is -1.22. The van der Waals surface area contributed by atoms with Crippen molar-refractivity contribution < 1.29 is 4.74 Å². The third kappa shape index (κ3) is 2.30. The number of piperidine rings is 1. The molecule has 16 heavy (non-hydrogen) atoms. The van der Waals surface area contributed by atoms with Crippen LogP contribution in [0, 0.1) is 6.92 Å². The van der Waals surface area contributed by atoms with Gasteiger partial charge >= 0.3 is 0 Å². The SMILES string of the molecule is COC1CCN(c2cc(C)ccc2N)CC1. The maximum absolute atomic E-state index is 6.01. The summed E-state index contributed by atoms with van der Waals surface area (Å²) in [5, 5.41) is 0. The number of nitrogen functional groups attached to an aromatic ring is 1. The summed E-state index contributed by atoms with van der Waals surface area (Å²) in [6.45, 7) is 4.17. The van der Waals surface area contributed by atoms with Crippen LogP contribution in [0.5, 0.6) is 0 Å². The van der Waals surface area contributed by atoms with E-state index in [1.165, 1.54) is 11.3 Å². The van der Waals surface area contributed by atoms with E-state index in [0.717, 1.165) is 31.6 Å². The van der Waals surface area contributed by atoms with E-state index in [-0.39, 0.29) is 0 Å². The average Bonchev–Trinajstić information content (AvgIpc) is 2.32. The number of methoxy groups -OCH3 is 1. The van der Waals surface area contributed by atoms with Gasteiger partial charge in [0.25, 0.3) is 0 Å². The minimum atomic E-state index is 0.419. The Bertz CT molecular complexity index is 357. The van der Waals surface area contributed by atoms with Crippen LogP contribution in [0.3, 0.4) is 0 Å². The molecular weight excluding hydrogens is 200 g/mol. The average molecular weight is 220 g/mol. The van der Waals surface area contributed by atoms with E-state index in [9.17, 15) is 0 Å². The minimum Gasteiger partial charge on any atom is -0.397 e. The van der Waals surface area contributed by atoms with E-state index >= 15 is 0 Å². The number of benzene rings is 1. The summed E-state index contributed by atoms with van der Waals surface area (Å²) >= 11 is 0.